The van der Waals surface area contributed by atoms with Gasteiger partial charge in [-0.2, -0.15) is 4.98 Å². The van der Waals surface area contributed by atoms with Crippen molar-refractivity contribution in [2.45, 2.75) is 70.9 Å². The third-order valence-electron chi connectivity index (χ3n) is 7.82. The molecule has 1 fully saturated rings. The van der Waals surface area contributed by atoms with Crippen LogP contribution in [-0.2, 0) is 27.1 Å². The van der Waals surface area contributed by atoms with Gasteiger partial charge in [-0.25, -0.2) is 9.19 Å². The van der Waals surface area contributed by atoms with E-state index in [2.05, 4.69) is 23.6 Å². The molecule has 4 bridgehead atoms. The summed E-state index contributed by atoms with van der Waals surface area (Å²) in [5, 5.41) is 0. The molecule has 0 spiro atoms. The summed E-state index contributed by atoms with van der Waals surface area (Å²) < 4.78 is 28.3. The molecule has 41 heavy (non-hydrogen) atoms. The first-order valence-corrected chi connectivity index (χ1v) is 15.6. The van der Waals surface area contributed by atoms with E-state index < -0.39 is 11.0 Å². The van der Waals surface area contributed by atoms with Gasteiger partial charge < -0.3 is 14.4 Å². The summed E-state index contributed by atoms with van der Waals surface area (Å²) in [6.07, 6.45) is 3.07. The van der Waals surface area contributed by atoms with Crippen LogP contribution < -0.4 is 9.46 Å². The lowest BCUT2D eigenvalue weighted by Crippen LogP contribution is -2.45. The minimum absolute atomic E-state index is 0.116. The fourth-order valence-electron chi connectivity index (χ4n) is 5.74. The van der Waals surface area contributed by atoms with Crippen LogP contribution in [0.3, 0.4) is 0 Å². The summed E-state index contributed by atoms with van der Waals surface area (Å²) in [7, 11) is -1.61. The molecule has 3 aromatic rings. The SMILES string of the molecule is Cc1cccc(C)c1-c1cc2nc(n1)NS(=O)c1cccc(c1)CN(C(=O)CC1CCOCC1)C(CC(C)C)CO2. The smallest absolute Gasteiger partial charge is 0.238 e. The molecule has 0 radical (unpaired) electrons. The average Bonchev–Trinajstić information content (AvgIpc) is 2.94. The molecule has 1 amide bonds. The van der Waals surface area contributed by atoms with Crippen LogP contribution in [0.15, 0.2) is 53.4 Å². The number of fused-ring (bicyclic) bond motifs is 4. The average molecular weight is 577 g/mol. The summed E-state index contributed by atoms with van der Waals surface area (Å²) in [5.41, 5.74) is 4.77. The van der Waals surface area contributed by atoms with E-state index in [0.717, 1.165) is 41.5 Å². The molecule has 1 aromatic heterocycles. The van der Waals surface area contributed by atoms with Crippen LogP contribution >= 0.6 is 0 Å². The molecule has 2 aromatic carbocycles. The fourth-order valence-corrected chi connectivity index (χ4v) is 6.57. The van der Waals surface area contributed by atoms with Crippen LogP contribution in [0.1, 0.15) is 56.2 Å². The van der Waals surface area contributed by atoms with Crippen LogP contribution in [0.25, 0.3) is 11.3 Å². The molecule has 0 saturated carbocycles. The van der Waals surface area contributed by atoms with Crippen LogP contribution in [0.5, 0.6) is 5.88 Å². The highest BCUT2D eigenvalue weighted by atomic mass is 32.2. The van der Waals surface area contributed by atoms with Gasteiger partial charge in [0.2, 0.25) is 17.7 Å². The van der Waals surface area contributed by atoms with Crippen molar-refractivity contribution in [1.29, 1.82) is 0 Å². The highest BCUT2D eigenvalue weighted by Crippen LogP contribution is 2.30. The number of hydrogen-bond acceptors (Lipinski definition) is 6. The largest absolute Gasteiger partial charge is 0.475 e. The zero-order chi connectivity index (χ0) is 28.9. The Kier molecular flexibility index (Phi) is 9.35. The zero-order valence-electron chi connectivity index (χ0n) is 24.4. The highest BCUT2D eigenvalue weighted by molar-refractivity contribution is 7.86. The Morgan fingerprint density at radius 1 is 1.07 bits per heavy atom. The predicted octanol–water partition coefficient (Wildman–Crippen LogP) is 5.85. The van der Waals surface area contributed by atoms with Crippen LogP contribution in [-0.4, -0.2) is 50.8 Å². The van der Waals surface area contributed by atoms with E-state index in [1.165, 1.54) is 0 Å². The van der Waals surface area contributed by atoms with Crippen molar-refractivity contribution < 1.29 is 18.5 Å². The third kappa shape index (κ3) is 7.32. The number of hydrogen-bond donors (Lipinski definition) is 1. The highest BCUT2D eigenvalue weighted by Gasteiger charge is 2.29. The number of aryl methyl sites for hydroxylation is 2. The predicted molar refractivity (Wildman–Crippen MR) is 161 cm³/mol. The number of nitrogens with zero attached hydrogens (tertiary/aromatic N) is 3. The quantitative estimate of drug-likeness (QED) is 0.410. The van der Waals surface area contributed by atoms with E-state index in [1.54, 1.807) is 0 Å². The van der Waals surface area contributed by atoms with Crippen LogP contribution in [0.4, 0.5) is 5.95 Å². The van der Waals surface area contributed by atoms with Gasteiger partial charge in [-0.1, -0.05) is 44.2 Å². The van der Waals surface area contributed by atoms with Gasteiger partial charge in [-0.15, -0.1) is 0 Å². The summed E-state index contributed by atoms with van der Waals surface area (Å²) in [4.78, 5) is 25.8. The number of ether oxygens (including phenoxy) is 2. The molecule has 9 heteroatoms. The molecule has 0 aliphatic carbocycles. The number of aromatic nitrogens is 2. The van der Waals surface area contributed by atoms with Crippen molar-refractivity contribution in [3.63, 3.8) is 0 Å². The number of anilines is 1. The maximum atomic E-state index is 13.9. The summed E-state index contributed by atoms with van der Waals surface area (Å²) in [6, 6.07) is 15.4. The number of nitrogens with one attached hydrogen (secondary N) is 1. The molecule has 2 aliphatic rings. The molecular weight excluding hydrogens is 536 g/mol. The molecule has 2 aliphatic heterocycles. The van der Waals surface area contributed by atoms with E-state index in [1.807, 2.05) is 67.3 Å². The van der Waals surface area contributed by atoms with Crippen molar-refractivity contribution in [2.75, 3.05) is 24.5 Å². The minimum Gasteiger partial charge on any atom is -0.475 e. The summed E-state index contributed by atoms with van der Waals surface area (Å²) in [5.74, 6) is 1.40. The fraction of sp³-hybridized carbons (Fsp3) is 0.469. The molecule has 218 valence electrons. The van der Waals surface area contributed by atoms with Gasteiger partial charge in [-0.3, -0.25) is 9.52 Å². The summed E-state index contributed by atoms with van der Waals surface area (Å²) in [6.45, 7) is 10.5. The Morgan fingerprint density at radius 3 is 2.54 bits per heavy atom. The minimum atomic E-state index is -1.61. The van der Waals surface area contributed by atoms with Crippen molar-refractivity contribution in [3.8, 4) is 17.1 Å². The third-order valence-corrected chi connectivity index (χ3v) is 8.87. The van der Waals surface area contributed by atoms with Gasteiger partial charge in [0.05, 0.1) is 16.6 Å². The van der Waals surface area contributed by atoms with Gasteiger partial charge in [0.1, 0.15) is 6.61 Å². The topological polar surface area (TPSA) is 93.7 Å². The second kappa shape index (κ2) is 13.1. The van der Waals surface area contributed by atoms with E-state index in [4.69, 9.17) is 14.5 Å². The Morgan fingerprint density at radius 2 is 1.80 bits per heavy atom. The second-order valence-corrected chi connectivity index (χ2v) is 12.8. The lowest BCUT2D eigenvalue weighted by Gasteiger charge is -2.34. The molecule has 8 nitrogen and oxygen atoms in total. The van der Waals surface area contributed by atoms with Crippen molar-refractivity contribution >= 4 is 22.8 Å². The number of carbonyl (C=O) groups is 1. The maximum absolute atomic E-state index is 13.9. The lowest BCUT2D eigenvalue weighted by atomic mass is 9.94. The normalized spacial score (nSPS) is 19.9. The number of rotatable bonds is 5. The number of amides is 1. The Balaban J connectivity index is 1.55. The maximum Gasteiger partial charge on any atom is 0.238 e. The van der Waals surface area contributed by atoms with E-state index >= 15 is 0 Å². The first-order chi connectivity index (χ1) is 19.8. The van der Waals surface area contributed by atoms with Crippen LogP contribution in [0.2, 0.25) is 0 Å². The molecule has 2 atom stereocenters. The van der Waals surface area contributed by atoms with E-state index in [0.29, 0.717) is 61.1 Å². The Labute approximate surface area is 245 Å². The van der Waals surface area contributed by atoms with Crippen LogP contribution in [0, 0.1) is 25.7 Å². The molecule has 1 saturated heterocycles. The van der Waals surface area contributed by atoms with Gasteiger partial charge >= 0.3 is 0 Å². The van der Waals surface area contributed by atoms with Gasteiger partial charge in [0.15, 0.2) is 11.0 Å². The second-order valence-electron chi connectivity index (χ2n) is 11.6. The molecule has 1 N–H and O–H groups in total. The van der Waals surface area contributed by atoms with Crippen molar-refractivity contribution in [1.82, 2.24) is 14.9 Å². The van der Waals surface area contributed by atoms with Gasteiger partial charge in [0.25, 0.3) is 0 Å². The molecule has 3 heterocycles. The van der Waals surface area contributed by atoms with E-state index in [-0.39, 0.29) is 17.9 Å². The standard InChI is InChI=1S/C32H40N4O4S/c1-21(2)15-26-20-40-29-18-28(31-22(3)7-5-8-23(31)4)33-32(34-29)35-41(38)27-10-6-9-25(16-27)19-36(26)30(37)17-24-11-13-39-14-12-24/h5-10,16,18,21,24,26H,11-15,17,19-20H2,1-4H3,(H,33,34,35). The van der Waals surface area contributed by atoms with Crippen molar-refractivity contribution in [3.05, 3.63) is 65.2 Å². The van der Waals surface area contributed by atoms with Crippen molar-refractivity contribution in [2.24, 2.45) is 11.8 Å². The Hall–Kier alpha value is -3.30. The van der Waals surface area contributed by atoms with Gasteiger partial charge in [-0.05, 0) is 73.8 Å². The monoisotopic (exact) mass is 576 g/mol. The zero-order valence-corrected chi connectivity index (χ0v) is 25.2. The first kappa shape index (κ1) is 29.2. The van der Waals surface area contributed by atoms with Gasteiger partial charge in [0, 0.05) is 37.8 Å². The lowest BCUT2D eigenvalue weighted by molar-refractivity contribution is -0.137. The Bertz CT molecular complexity index is 1390. The molecular formula is C32H40N4O4S. The first-order valence-electron chi connectivity index (χ1n) is 14.5. The van der Waals surface area contributed by atoms with E-state index in [9.17, 15) is 9.00 Å². The number of benzene rings is 2. The molecule has 2 unspecified atom stereocenters. The number of carbonyl (C=O) groups excluding carboxylic acids is 1. The summed E-state index contributed by atoms with van der Waals surface area (Å²) >= 11 is 0. The molecule has 5 rings (SSSR count).